The first-order valence-electron chi connectivity index (χ1n) is 5.67. The number of terminal acetylenes is 1. The van der Waals surface area contributed by atoms with E-state index in [-0.39, 0.29) is 0 Å². The monoisotopic (exact) mass is 195 g/mol. The number of aliphatic hydroxyl groups is 1. The lowest BCUT2D eigenvalue weighted by Gasteiger charge is -2.35. The molecule has 80 valence electrons. The van der Waals surface area contributed by atoms with Crippen LogP contribution in [0.25, 0.3) is 0 Å². The molecule has 0 aromatic heterocycles. The van der Waals surface area contributed by atoms with Crippen molar-refractivity contribution in [2.75, 3.05) is 19.7 Å². The van der Waals surface area contributed by atoms with Crippen LogP contribution in [0.4, 0.5) is 0 Å². The van der Waals surface area contributed by atoms with E-state index >= 15 is 0 Å². The lowest BCUT2D eigenvalue weighted by molar-refractivity contribution is 0.118. The Morgan fingerprint density at radius 3 is 3.00 bits per heavy atom. The summed E-state index contributed by atoms with van der Waals surface area (Å²) in [6.07, 6.45) is 12.0. The number of unbranched alkanes of at least 4 members (excludes halogenated alkanes) is 1. The molecule has 2 nitrogen and oxygen atoms in total. The first kappa shape index (κ1) is 11.6. The minimum absolute atomic E-state index is 0.316. The van der Waals surface area contributed by atoms with Crippen LogP contribution in [0.2, 0.25) is 0 Å². The molecule has 1 saturated heterocycles. The van der Waals surface area contributed by atoms with Crippen molar-refractivity contribution in [2.24, 2.45) is 0 Å². The van der Waals surface area contributed by atoms with Crippen LogP contribution in [0, 0.1) is 12.3 Å². The molecule has 1 fully saturated rings. The van der Waals surface area contributed by atoms with E-state index < -0.39 is 0 Å². The Balaban J connectivity index is 2.27. The molecular formula is C12H21NO. The molecule has 1 N–H and O–H groups in total. The highest BCUT2D eigenvalue weighted by atomic mass is 16.3. The highest BCUT2D eigenvalue weighted by molar-refractivity contribution is 4.84. The van der Waals surface area contributed by atoms with Gasteiger partial charge in [0.2, 0.25) is 0 Å². The van der Waals surface area contributed by atoms with Gasteiger partial charge in [0.05, 0.1) is 0 Å². The van der Waals surface area contributed by atoms with Crippen molar-refractivity contribution in [1.82, 2.24) is 4.90 Å². The van der Waals surface area contributed by atoms with Crippen LogP contribution in [0.1, 0.15) is 38.5 Å². The summed E-state index contributed by atoms with van der Waals surface area (Å²) in [5.74, 6) is 2.68. The first-order valence-corrected chi connectivity index (χ1v) is 5.67. The summed E-state index contributed by atoms with van der Waals surface area (Å²) in [7, 11) is 0. The summed E-state index contributed by atoms with van der Waals surface area (Å²) in [6, 6.07) is 0.603. The highest BCUT2D eigenvalue weighted by Crippen LogP contribution is 2.19. The van der Waals surface area contributed by atoms with Gasteiger partial charge in [0, 0.05) is 19.1 Å². The van der Waals surface area contributed by atoms with E-state index in [0.29, 0.717) is 12.6 Å². The highest BCUT2D eigenvalue weighted by Gasteiger charge is 2.20. The van der Waals surface area contributed by atoms with Gasteiger partial charge < -0.3 is 10.0 Å². The molecule has 1 aliphatic heterocycles. The predicted molar refractivity (Wildman–Crippen MR) is 59.0 cm³/mol. The van der Waals surface area contributed by atoms with E-state index in [0.717, 1.165) is 25.8 Å². The van der Waals surface area contributed by atoms with Gasteiger partial charge in [-0.2, -0.15) is 0 Å². The smallest absolute Gasteiger partial charge is 0.0445 e. The second-order valence-corrected chi connectivity index (χ2v) is 4.01. The summed E-state index contributed by atoms with van der Waals surface area (Å²) in [6.45, 7) is 2.61. The Kier molecular flexibility index (Phi) is 5.66. The van der Waals surface area contributed by atoms with E-state index in [4.69, 9.17) is 11.5 Å². The summed E-state index contributed by atoms with van der Waals surface area (Å²) in [5.41, 5.74) is 0. The summed E-state index contributed by atoms with van der Waals surface area (Å²) in [5, 5.41) is 8.95. The normalized spacial score (nSPS) is 23.3. The maximum absolute atomic E-state index is 8.95. The summed E-state index contributed by atoms with van der Waals surface area (Å²) < 4.78 is 0. The summed E-state index contributed by atoms with van der Waals surface area (Å²) >= 11 is 0. The molecule has 1 atom stereocenters. The molecule has 1 heterocycles. The minimum Gasteiger partial charge on any atom is -0.396 e. The maximum Gasteiger partial charge on any atom is 0.0445 e. The third kappa shape index (κ3) is 3.69. The van der Waals surface area contributed by atoms with E-state index in [1.807, 2.05) is 0 Å². The Bertz CT molecular complexity index is 183. The van der Waals surface area contributed by atoms with Gasteiger partial charge in [-0.05, 0) is 38.8 Å². The number of likely N-dealkylation sites (tertiary alicyclic amines) is 1. The van der Waals surface area contributed by atoms with Crippen molar-refractivity contribution >= 4 is 0 Å². The third-order valence-corrected chi connectivity index (χ3v) is 2.98. The van der Waals surface area contributed by atoms with Crippen molar-refractivity contribution in [3.8, 4) is 12.3 Å². The lowest BCUT2D eigenvalue weighted by Crippen LogP contribution is -2.40. The van der Waals surface area contributed by atoms with Gasteiger partial charge in [-0.3, -0.25) is 0 Å². The molecule has 1 unspecified atom stereocenters. The fourth-order valence-corrected chi connectivity index (χ4v) is 2.21. The molecule has 0 bridgehead atoms. The van der Waals surface area contributed by atoms with E-state index in [1.54, 1.807) is 0 Å². The number of hydrogen-bond acceptors (Lipinski definition) is 2. The lowest BCUT2D eigenvalue weighted by atomic mass is 9.99. The van der Waals surface area contributed by atoms with Crippen molar-refractivity contribution in [2.45, 2.75) is 44.6 Å². The molecule has 0 spiro atoms. The molecule has 1 rings (SSSR count). The largest absolute Gasteiger partial charge is 0.396 e. The summed E-state index contributed by atoms with van der Waals surface area (Å²) in [4.78, 5) is 2.50. The minimum atomic E-state index is 0.316. The van der Waals surface area contributed by atoms with Gasteiger partial charge in [-0.1, -0.05) is 6.42 Å². The maximum atomic E-state index is 8.95. The van der Waals surface area contributed by atoms with Gasteiger partial charge in [-0.15, -0.1) is 12.3 Å². The van der Waals surface area contributed by atoms with Crippen LogP contribution in [0.15, 0.2) is 0 Å². The van der Waals surface area contributed by atoms with Gasteiger partial charge >= 0.3 is 0 Å². The SMILES string of the molecule is C#CCCCN1CCCCC1CCO. The molecule has 0 radical (unpaired) electrons. The molecular weight excluding hydrogens is 174 g/mol. The first-order chi connectivity index (χ1) is 6.88. The number of hydrogen-bond donors (Lipinski definition) is 1. The molecule has 0 aliphatic carbocycles. The molecule has 0 amide bonds. The molecule has 1 aliphatic rings. The zero-order valence-electron chi connectivity index (χ0n) is 8.91. The van der Waals surface area contributed by atoms with Crippen LogP contribution < -0.4 is 0 Å². The Morgan fingerprint density at radius 2 is 2.29 bits per heavy atom. The second kappa shape index (κ2) is 6.86. The average Bonchev–Trinajstić information content (AvgIpc) is 2.21. The van der Waals surface area contributed by atoms with E-state index in [9.17, 15) is 0 Å². The quantitative estimate of drug-likeness (QED) is 0.532. The Morgan fingerprint density at radius 1 is 1.43 bits per heavy atom. The van der Waals surface area contributed by atoms with Crippen molar-refractivity contribution in [3.63, 3.8) is 0 Å². The number of aliphatic hydroxyl groups excluding tert-OH is 1. The van der Waals surface area contributed by atoms with Gasteiger partial charge in [-0.25, -0.2) is 0 Å². The average molecular weight is 195 g/mol. The van der Waals surface area contributed by atoms with Crippen LogP contribution in [-0.2, 0) is 0 Å². The van der Waals surface area contributed by atoms with Crippen molar-refractivity contribution in [3.05, 3.63) is 0 Å². The van der Waals surface area contributed by atoms with Crippen molar-refractivity contribution < 1.29 is 5.11 Å². The third-order valence-electron chi connectivity index (χ3n) is 2.98. The van der Waals surface area contributed by atoms with Gasteiger partial charge in [0.25, 0.3) is 0 Å². The van der Waals surface area contributed by atoms with E-state index in [1.165, 1.54) is 25.8 Å². The fraction of sp³-hybridized carbons (Fsp3) is 0.833. The zero-order valence-corrected chi connectivity index (χ0v) is 8.91. The van der Waals surface area contributed by atoms with E-state index in [2.05, 4.69) is 10.8 Å². The zero-order chi connectivity index (χ0) is 10.2. The fourth-order valence-electron chi connectivity index (χ4n) is 2.21. The number of nitrogens with zero attached hydrogens (tertiary/aromatic N) is 1. The molecule has 14 heavy (non-hydrogen) atoms. The Labute approximate surface area is 87.3 Å². The van der Waals surface area contributed by atoms with Gasteiger partial charge in [0.1, 0.15) is 0 Å². The number of piperidine rings is 1. The van der Waals surface area contributed by atoms with Crippen LogP contribution in [0.3, 0.4) is 0 Å². The Hall–Kier alpha value is -0.520. The molecule has 0 aromatic carbocycles. The standard InChI is InChI=1S/C12H21NO/c1-2-3-5-9-13-10-6-4-7-12(13)8-11-14/h1,12,14H,3-11H2. The molecule has 0 aromatic rings. The molecule has 2 heteroatoms. The second-order valence-electron chi connectivity index (χ2n) is 4.01. The predicted octanol–water partition coefficient (Wildman–Crippen LogP) is 1.64. The van der Waals surface area contributed by atoms with Crippen LogP contribution >= 0.6 is 0 Å². The van der Waals surface area contributed by atoms with Crippen LogP contribution in [0.5, 0.6) is 0 Å². The van der Waals surface area contributed by atoms with Crippen LogP contribution in [-0.4, -0.2) is 35.7 Å². The topological polar surface area (TPSA) is 23.5 Å². The van der Waals surface area contributed by atoms with Gasteiger partial charge in [0.15, 0.2) is 0 Å². The number of rotatable bonds is 5. The molecule has 0 saturated carbocycles. The van der Waals surface area contributed by atoms with Crippen molar-refractivity contribution in [1.29, 1.82) is 0 Å².